The third-order valence-electron chi connectivity index (χ3n) is 8.04. The number of carbonyl (C=O) groups excluding carboxylic acids is 1. The van der Waals surface area contributed by atoms with Gasteiger partial charge in [0, 0.05) is 30.3 Å². The van der Waals surface area contributed by atoms with Crippen molar-refractivity contribution in [2.75, 3.05) is 23.7 Å². The number of nitrogens with zero attached hydrogens (tertiary/aromatic N) is 3. The van der Waals surface area contributed by atoms with Crippen LogP contribution < -0.4 is 10.6 Å². The highest BCUT2D eigenvalue weighted by Crippen LogP contribution is 2.29. The number of aromatic carboxylic acids is 1. The number of nitrogens with one attached hydrogen (secondary N) is 2. The van der Waals surface area contributed by atoms with E-state index in [4.69, 9.17) is 5.10 Å². The van der Waals surface area contributed by atoms with Gasteiger partial charge in [0.15, 0.2) is 0 Å². The number of amides is 2. The fraction of sp³-hybridized carbons (Fsp3) is 0.324. The van der Waals surface area contributed by atoms with E-state index in [0.717, 1.165) is 28.9 Å². The second kappa shape index (κ2) is 12.9. The maximum absolute atomic E-state index is 13.2. The van der Waals surface area contributed by atoms with Gasteiger partial charge in [-0.05, 0) is 74.1 Å². The van der Waals surface area contributed by atoms with Crippen molar-refractivity contribution in [3.63, 3.8) is 0 Å². The summed E-state index contributed by atoms with van der Waals surface area (Å²) in [6.07, 6.45) is 2.11. The molecule has 4 aromatic rings. The molecule has 0 aliphatic carbocycles. The first-order chi connectivity index (χ1) is 21.3. The molecule has 0 unspecified atom stereocenters. The average Bonchev–Trinajstić information content (AvgIpc) is 3.43. The first kappa shape index (κ1) is 31.9. The molecule has 0 radical (unpaired) electrons. The van der Waals surface area contributed by atoms with E-state index in [-0.39, 0.29) is 27.8 Å². The Bertz CT molecular complexity index is 1780. The summed E-state index contributed by atoms with van der Waals surface area (Å²) in [7, 11) is -3.90. The van der Waals surface area contributed by atoms with Crippen molar-refractivity contribution in [1.82, 2.24) is 14.1 Å². The largest absolute Gasteiger partial charge is 0.478 e. The summed E-state index contributed by atoms with van der Waals surface area (Å²) in [6, 6.07) is 22.8. The molecule has 2 heterocycles. The van der Waals surface area contributed by atoms with Crippen molar-refractivity contribution in [3.8, 4) is 5.69 Å². The zero-order valence-electron chi connectivity index (χ0n) is 25.9. The molecule has 11 heteroatoms. The molecule has 10 nitrogen and oxygen atoms in total. The molecule has 45 heavy (non-hydrogen) atoms. The van der Waals surface area contributed by atoms with Gasteiger partial charge in [0.05, 0.1) is 21.8 Å². The fourth-order valence-electron chi connectivity index (χ4n) is 5.42. The number of urea groups is 1. The number of hydrogen-bond donors (Lipinski definition) is 3. The van der Waals surface area contributed by atoms with E-state index in [9.17, 15) is 23.1 Å². The molecule has 236 valence electrons. The molecule has 5 rings (SSSR count). The maximum atomic E-state index is 13.2. The van der Waals surface area contributed by atoms with Gasteiger partial charge in [0.2, 0.25) is 10.0 Å². The number of hydrogen-bond acceptors (Lipinski definition) is 5. The molecule has 1 aromatic heterocycles. The molecule has 1 fully saturated rings. The van der Waals surface area contributed by atoms with Crippen molar-refractivity contribution in [3.05, 3.63) is 101 Å². The minimum Gasteiger partial charge on any atom is -0.478 e. The van der Waals surface area contributed by atoms with Gasteiger partial charge >= 0.3 is 12.0 Å². The SMILES string of the molecule is Cc1ccc(-n2nc(C(C)(C)C)cc2NC(=O)Nc2ccc(CC3CCN(S(=O)(=O)c4ccccc4C(=O)O)CC3)cc2)cc1. The Hall–Kier alpha value is -4.48. The highest BCUT2D eigenvalue weighted by molar-refractivity contribution is 7.89. The normalized spacial score (nSPS) is 14.7. The minimum atomic E-state index is -3.90. The summed E-state index contributed by atoms with van der Waals surface area (Å²) in [5, 5.41) is 20.1. The number of benzene rings is 3. The summed E-state index contributed by atoms with van der Waals surface area (Å²) in [4.78, 5) is 24.4. The van der Waals surface area contributed by atoms with Crippen molar-refractivity contribution < 1.29 is 23.1 Å². The van der Waals surface area contributed by atoms with Gasteiger partial charge < -0.3 is 10.4 Å². The predicted octanol–water partition coefficient (Wildman–Crippen LogP) is 6.46. The van der Waals surface area contributed by atoms with E-state index >= 15 is 0 Å². The van der Waals surface area contributed by atoms with Gasteiger partial charge in [0.1, 0.15) is 5.82 Å². The van der Waals surface area contributed by atoms with Crippen LogP contribution in [0.1, 0.15) is 60.8 Å². The fourth-order valence-corrected chi connectivity index (χ4v) is 7.07. The summed E-state index contributed by atoms with van der Waals surface area (Å²) in [6.45, 7) is 8.91. The number of anilines is 2. The van der Waals surface area contributed by atoms with Crippen LogP contribution in [0.5, 0.6) is 0 Å². The zero-order valence-corrected chi connectivity index (χ0v) is 26.8. The second-order valence-corrected chi connectivity index (χ2v) is 14.4. The van der Waals surface area contributed by atoms with E-state index in [1.165, 1.54) is 28.6 Å². The van der Waals surface area contributed by atoms with Crippen LogP contribution in [0.25, 0.3) is 5.69 Å². The molecule has 0 atom stereocenters. The number of carbonyl (C=O) groups is 2. The van der Waals surface area contributed by atoms with Crippen LogP contribution in [0.15, 0.2) is 83.8 Å². The average molecular weight is 630 g/mol. The lowest BCUT2D eigenvalue weighted by Gasteiger charge is -2.31. The summed E-state index contributed by atoms with van der Waals surface area (Å²) < 4.78 is 29.5. The van der Waals surface area contributed by atoms with Crippen LogP contribution in [0.3, 0.4) is 0 Å². The smallest absolute Gasteiger partial charge is 0.337 e. The Morgan fingerprint density at radius 2 is 1.58 bits per heavy atom. The number of sulfonamides is 1. The number of carboxylic acid groups (broad SMARTS) is 1. The van der Waals surface area contributed by atoms with Gasteiger partial charge in [-0.1, -0.05) is 62.7 Å². The van der Waals surface area contributed by atoms with Crippen molar-refractivity contribution in [1.29, 1.82) is 0 Å². The summed E-state index contributed by atoms with van der Waals surface area (Å²) in [5.41, 5.74) is 4.16. The number of aromatic nitrogens is 2. The van der Waals surface area contributed by atoms with Gasteiger partial charge in [-0.3, -0.25) is 5.32 Å². The van der Waals surface area contributed by atoms with E-state index in [2.05, 4.69) is 31.4 Å². The lowest BCUT2D eigenvalue weighted by atomic mass is 9.91. The first-order valence-corrected chi connectivity index (χ1v) is 16.4. The van der Waals surface area contributed by atoms with Crippen LogP contribution in [0, 0.1) is 12.8 Å². The van der Waals surface area contributed by atoms with E-state index < -0.39 is 16.0 Å². The van der Waals surface area contributed by atoms with Crippen LogP contribution in [0.2, 0.25) is 0 Å². The Balaban J connectivity index is 1.18. The van der Waals surface area contributed by atoms with Gasteiger partial charge in [-0.2, -0.15) is 9.40 Å². The molecule has 0 bridgehead atoms. The Labute approximate surface area is 264 Å². The molecule has 1 aliphatic rings. The Morgan fingerprint density at radius 1 is 0.933 bits per heavy atom. The second-order valence-electron chi connectivity index (χ2n) is 12.5. The first-order valence-electron chi connectivity index (χ1n) is 15.0. The molecule has 0 spiro atoms. The van der Waals surface area contributed by atoms with E-state index in [1.54, 1.807) is 4.68 Å². The molecule has 3 N–H and O–H groups in total. The van der Waals surface area contributed by atoms with Gasteiger partial charge in [-0.25, -0.2) is 22.7 Å². The molecule has 3 aromatic carbocycles. The zero-order chi connectivity index (χ0) is 32.4. The predicted molar refractivity (Wildman–Crippen MR) is 175 cm³/mol. The lowest BCUT2D eigenvalue weighted by molar-refractivity contribution is 0.0692. The maximum Gasteiger partial charge on any atom is 0.337 e. The Morgan fingerprint density at radius 3 is 2.20 bits per heavy atom. The van der Waals surface area contributed by atoms with E-state index in [1.807, 2.05) is 61.5 Å². The van der Waals surface area contributed by atoms with Crippen LogP contribution in [-0.4, -0.2) is 52.7 Å². The topological polar surface area (TPSA) is 134 Å². The number of rotatable bonds is 8. The molecule has 1 saturated heterocycles. The third kappa shape index (κ3) is 7.43. The monoisotopic (exact) mass is 629 g/mol. The van der Waals surface area contributed by atoms with Crippen molar-refractivity contribution in [2.45, 2.75) is 57.3 Å². The van der Waals surface area contributed by atoms with Crippen LogP contribution in [0.4, 0.5) is 16.3 Å². The molecule has 1 aliphatic heterocycles. The lowest BCUT2D eigenvalue weighted by Crippen LogP contribution is -2.39. The highest BCUT2D eigenvalue weighted by Gasteiger charge is 2.32. The summed E-state index contributed by atoms with van der Waals surface area (Å²) >= 11 is 0. The quantitative estimate of drug-likeness (QED) is 0.205. The Kier molecular flexibility index (Phi) is 9.13. The molecule has 0 saturated carbocycles. The molecular weight excluding hydrogens is 590 g/mol. The van der Waals surface area contributed by atoms with Crippen molar-refractivity contribution >= 4 is 33.5 Å². The molecular formula is C34H39N5O5S. The minimum absolute atomic E-state index is 0.169. The number of piperidine rings is 1. The van der Waals surface area contributed by atoms with E-state index in [0.29, 0.717) is 37.4 Å². The number of carboxylic acids is 1. The van der Waals surface area contributed by atoms with Crippen LogP contribution in [-0.2, 0) is 21.9 Å². The van der Waals surface area contributed by atoms with Crippen molar-refractivity contribution in [2.24, 2.45) is 5.92 Å². The number of aryl methyl sites for hydroxylation is 1. The van der Waals surface area contributed by atoms with Gasteiger partial charge in [0.25, 0.3) is 0 Å². The third-order valence-corrected chi connectivity index (χ3v) is 10.00. The van der Waals surface area contributed by atoms with Crippen LogP contribution >= 0.6 is 0 Å². The molecule has 2 amide bonds. The highest BCUT2D eigenvalue weighted by atomic mass is 32.2. The van der Waals surface area contributed by atoms with Gasteiger partial charge in [-0.15, -0.1) is 0 Å². The summed E-state index contributed by atoms with van der Waals surface area (Å²) in [5.74, 6) is -0.409. The standard InChI is InChI=1S/C34H39N5O5S/c1-23-9-15-27(16-10-23)39-31(22-30(37-39)34(2,3)4)36-33(42)35-26-13-11-24(12-14-26)21-25-17-19-38(20-18-25)45(43,44)29-8-6-5-7-28(29)32(40)41/h5-16,22,25H,17-21H2,1-4H3,(H,40,41)(H2,35,36,42).